The van der Waals surface area contributed by atoms with Gasteiger partial charge in [-0.1, -0.05) is 19.8 Å². The Bertz CT molecular complexity index is 185. The fourth-order valence-electron chi connectivity index (χ4n) is 1.66. The number of carbonyl (C=O) groups excluding carboxylic acids is 2. The van der Waals surface area contributed by atoms with Gasteiger partial charge in [-0.3, -0.25) is 4.79 Å². The molecule has 2 nitrogen and oxygen atoms in total. The second kappa shape index (κ2) is 7.72. The lowest BCUT2D eigenvalue weighted by Crippen LogP contribution is -2.10. The predicted octanol–water partition coefficient (Wildman–Crippen LogP) is 3.14. The van der Waals surface area contributed by atoms with Crippen LogP contribution < -0.4 is 0 Å². The summed E-state index contributed by atoms with van der Waals surface area (Å²) in [5.41, 5.74) is 0. The first kappa shape index (κ1) is 13.3. The fourth-order valence-corrected chi connectivity index (χ4v) is 1.66. The molecule has 0 heterocycles. The van der Waals surface area contributed by atoms with E-state index < -0.39 is 0 Å². The lowest BCUT2D eigenvalue weighted by atomic mass is 9.93. The Hall–Kier alpha value is -0.660. The lowest BCUT2D eigenvalue weighted by Gasteiger charge is -2.11. The van der Waals surface area contributed by atoms with Crippen molar-refractivity contribution in [1.82, 2.24) is 0 Å². The highest BCUT2D eigenvalue weighted by atomic mass is 16.1. The third-order valence-electron chi connectivity index (χ3n) is 2.54. The maximum Gasteiger partial charge on any atom is 0.132 e. The molecule has 0 aromatic heterocycles. The maximum absolute atomic E-state index is 11.2. The molecule has 0 aromatic carbocycles. The van der Waals surface area contributed by atoms with Crippen molar-refractivity contribution in [2.45, 2.75) is 59.3 Å². The average Bonchev–Trinajstić information content (AvgIpc) is 2.09. The molecule has 0 rings (SSSR count). The molecule has 0 fully saturated rings. The van der Waals surface area contributed by atoms with Crippen LogP contribution in [0.1, 0.15) is 59.3 Å². The van der Waals surface area contributed by atoms with Crippen LogP contribution in [-0.4, -0.2) is 11.6 Å². The van der Waals surface area contributed by atoms with Crippen LogP contribution in [-0.2, 0) is 9.59 Å². The Morgan fingerprint density at radius 3 is 2.14 bits per heavy atom. The van der Waals surface area contributed by atoms with Gasteiger partial charge >= 0.3 is 0 Å². The number of ketones is 2. The SMILES string of the molecule is CCCC(CCCCC(C)=O)C(C)=O. The second-order valence-corrected chi connectivity index (χ2v) is 4.04. The maximum atomic E-state index is 11.2. The Balaban J connectivity index is 3.61. The van der Waals surface area contributed by atoms with E-state index in [1.807, 2.05) is 0 Å². The third-order valence-corrected chi connectivity index (χ3v) is 2.54. The van der Waals surface area contributed by atoms with Gasteiger partial charge in [0.05, 0.1) is 0 Å². The van der Waals surface area contributed by atoms with Crippen molar-refractivity contribution in [3.63, 3.8) is 0 Å². The van der Waals surface area contributed by atoms with Gasteiger partial charge in [0.2, 0.25) is 0 Å². The van der Waals surface area contributed by atoms with Crippen molar-refractivity contribution in [3.8, 4) is 0 Å². The van der Waals surface area contributed by atoms with Gasteiger partial charge in [-0.15, -0.1) is 0 Å². The molecule has 0 spiro atoms. The van der Waals surface area contributed by atoms with E-state index in [0.29, 0.717) is 12.2 Å². The van der Waals surface area contributed by atoms with Crippen molar-refractivity contribution in [2.75, 3.05) is 0 Å². The van der Waals surface area contributed by atoms with E-state index in [-0.39, 0.29) is 11.7 Å². The molecular weight excluding hydrogens is 176 g/mol. The number of carbonyl (C=O) groups is 2. The van der Waals surface area contributed by atoms with Crippen LogP contribution in [0.25, 0.3) is 0 Å². The summed E-state index contributed by atoms with van der Waals surface area (Å²) in [6.45, 7) is 5.39. The summed E-state index contributed by atoms with van der Waals surface area (Å²) in [6.07, 6.45) is 5.62. The molecule has 1 atom stereocenters. The molecule has 14 heavy (non-hydrogen) atoms. The summed E-state index contributed by atoms with van der Waals surface area (Å²) < 4.78 is 0. The smallest absolute Gasteiger partial charge is 0.132 e. The molecule has 0 amide bonds. The Kier molecular flexibility index (Phi) is 7.35. The van der Waals surface area contributed by atoms with Crippen LogP contribution >= 0.6 is 0 Å². The van der Waals surface area contributed by atoms with Crippen LogP contribution in [0.2, 0.25) is 0 Å². The van der Waals surface area contributed by atoms with E-state index >= 15 is 0 Å². The quantitative estimate of drug-likeness (QED) is 0.561. The molecular formula is C12H22O2. The highest BCUT2D eigenvalue weighted by molar-refractivity contribution is 5.78. The first-order valence-corrected chi connectivity index (χ1v) is 5.57. The van der Waals surface area contributed by atoms with Gasteiger partial charge in [-0.05, 0) is 33.1 Å². The van der Waals surface area contributed by atoms with Gasteiger partial charge in [0.1, 0.15) is 11.6 Å². The minimum Gasteiger partial charge on any atom is -0.300 e. The zero-order chi connectivity index (χ0) is 11.0. The topological polar surface area (TPSA) is 34.1 Å². The van der Waals surface area contributed by atoms with Crippen LogP contribution in [0.3, 0.4) is 0 Å². The molecule has 0 bridgehead atoms. The van der Waals surface area contributed by atoms with Gasteiger partial charge in [0.25, 0.3) is 0 Å². The summed E-state index contributed by atoms with van der Waals surface area (Å²) in [5, 5.41) is 0. The Morgan fingerprint density at radius 2 is 1.71 bits per heavy atom. The minimum atomic E-state index is 0.229. The molecule has 0 aliphatic rings. The van der Waals surface area contributed by atoms with Crippen LogP contribution in [0.15, 0.2) is 0 Å². The van der Waals surface area contributed by atoms with E-state index in [1.165, 1.54) is 0 Å². The lowest BCUT2D eigenvalue weighted by molar-refractivity contribution is -0.121. The van der Waals surface area contributed by atoms with Crippen molar-refractivity contribution < 1.29 is 9.59 Å². The molecule has 1 unspecified atom stereocenters. The molecule has 0 aliphatic heterocycles. The minimum absolute atomic E-state index is 0.229. The first-order valence-electron chi connectivity index (χ1n) is 5.57. The van der Waals surface area contributed by atoms with E-state index in [4.69, 9.17) is 0 Å². The summed E-state index contributed by atoms with van der Waals surface area (Å²) in [4.78, 5) is 21.9. The van der Waals surface area contributed by atoms with Gasteiger partial charge in [0, 0.05) is 12.3 Å². The van der Waals surface area contributed by atoms with Gasteiger partial charge in [-0.2, -0.15) is 0 Å². The van der Waals surface area contributed by atoms with Crippen LogP contribution in [0, 0.1) is 5.92 Å². The Morgan fingerprint density at radius 1 is 1.07 bits per heavy atom. The highest BCUT2D eigenvalue weighted by Crippen LogP contribution is 2.16. The summed E-state index contributed by atoms with van der Waals surface area (Å²) in [5.74, 6) is 0.779. The van der Waals surface area contributed by atoms with Crippen molar-refractivity contribution in [3.05, 3.63) is 0 Å². The number of Topliss-reactive ketones (excluding diaryl/α,β-unsaturated/α-hetero) is 2. The number of rotatable bonds is 8. The van der Waals surface area contributed by atoms with Gasteiger partial charge in [0.15, 0.2) is 0 Å². The predicted molar refractivity (Wildman–Crippen MR) is 58.2 cm³/mol. The summed E-state index contributed by atoms with van der Waals surface area (Å²) >= 11 is 0. The standard InChI is InChI=1S/C12H22O2/c1-4-7-12(11(3)14)9-6-5-8-10(2)13/h12H,4-9H2,1-3H3. The van der Waals surface area contributed by atoms with Gasteiger partial charge < -0.3 is 4.79 Å². The average molecular weight is 198 g/mol. The first-order chi connectivity index (χ1) is 6.57. The monoisotopic (exact) mass is 198 g/mol. The molecule has 0 N–H and O–H groups in total. The van der Waals surface area contributed by atoms with Crippen molar-refractivity contribution in [1.29, 1.82) is 0 Å². The zero-order valence-electron chi connectivity index (χ0n) is 9.64. The number of hydrogen-bond donors (Lipinski definition) is 0. The fraction of sp³-hybridized carbons (Fsp3) is 0.833. The number of hydrogen-bond acceptors (Lipinski definition) is 2. The molecule has 0 aromatic rings. The van der Waals surface area contributed by atoms with E-state index in [1.54, 1.807) is 13.8 Å². The van der Waals surface area contributed by atoms with Crippen LogP contribution in [0.4, 0.5) is 0 Å². The molecule has 2 heteroatoms. The number of unbranched alkanes of at least 4 members (excludes halogenated alkanes) is 1. The summed E-state index contributed by atoms with van der Waals surface area (Å²) in [6, 6.07) is 0. The van der Waals surface area contributed by atoms with Crippen molar-refractivity contribution >= 4 is 11.6 Å². The highest BCUT2D eigenvalue weighted by Gasteiger charge is 2.12. The molecule has 0 radical (unpaired) electrons. The van der Waals surface area contributed by atoms with E-state index in [0.717, 1.165) is 32.1 Å². The summed E-state index contributed by atoms with van der Waals surface area (Å²) in [7, 11) is 0. The molecule has 82 valence electrons. The van der Waals surface area contributed by atoms with Crippen molar-refractivity contribution in [2.24, 2.45) is 5.92 Å². The normalized spacial score (nSPS) is 12.5. The zero-order valence-corrected chi connectivity index (χ0v) is 9.64. The largest absolute Gasteiger partial charge is 0.300 e. The third kappa shape index (κ3) is 6.81. The molecule has 0 aliphatic carbocycles. The van der Waals surface area contributed by atoms with E-state index in [2.05, 4.69) is 6.92 Å². The van der Waals surface area contributed by atoms with Crippen LogP contribution in [0.5, 0.6) is 0 Å². The molecule has 0 saturated carbocycles. The van der Waals surface area contributed by atoms with Gasteiger partial charge in [-0.25, -0.2) is 0 Å². The van der Waals surface area contributed by atoms with E-state index in [9.17, 15) is 9.59 Å². The second-order valence-electron chi connectivity index (χ2n) is 4.04. The Labute approximate surface area is 87.1 Å². The molecule has 0 saturated heterocycles.